The van der Waals surface area contributed by atoms with Crippen LogP contribution in [-0.4, -0.2) is 4.98 Å². The van der Waals surface area contributed by atoms with Crippen molar-refractivity contribution < 1.29 is 0 Å². The van der Waals surface area contributed by atoms with Crippen molar-refractivity contribution in [3.05, 3.63) is 131 Å². The van der Waals surface area contributed by atoms with Crippen LogP contribution in [0.3, 0.4) is 0 Å². The largest absolute Gasteiger partial charge is 0.354 e. The molecule has 7 aromatic rings. The van der Waals surface area contributed by atoms with Crippen LogP contribution in [0.5, 0.6) is 0 Å². The van der Waals surface area contributed by atoms with Crippen LogP contribution in [0.15, 0.2) is 109 Å². The van der Waals surface area contributed by atoms with E-state index in [0.717, 1.165) is 6.42 Å². The van der Waals surface area contributed by atoms with Crippen molar-refractivity contribution in [3.8, 4) is 11.1 Å². The van der Waals surface area contributed by atoms with Gasteiger partial charge in [0.15, 0.2) is 0 Å². The fourth-order valence-corrected chi connectivity index (χ4v) is 6.50. The molecule has 1 heterocycles. The lowest BCUT2D eigenvalue weighted by Gasteiger charge is -2.19. The molecule has 170 valence electrons. The number of hydrogen-bond donors (Lipinski definition) is 1. The Morgan fingerprint density at radius 2 is 1.22 bits per heavy atom. The first-order valence-corrected chi connectivity index (χ1v) is 12.8. The van der Waals surface area contributed by atoms with Crippen LogP contribution in [0.4, 0.5) is 0 Å². The van der Waals surface area contributed by atoms with E-state index in [1.807, 2.05) is 0 Å². The molecule has 0 bridgehead atoms. The molecule has 0 radical (unpaired) electrons. The SMILES string of the molecule is CC(c1ccc2c(c1)-c1cc3[nH]c4ccccc4c3cc1C2)c1c2ccccc2cc2ccccc12. The van der Waals surface area contributed by atoms with Gasteiger partial charge in [-0.3, -0.25) is 0 Å². The van der Waals surface area contributed by atoms with Crippen LogP contribution in [0.1, 0.15) is 35.1 Å². The van der Waals surface area contributed by atoms with E-state index in [9.17, 15) is 0 Å². The number of fused-ring (bicyclic) bond motifs is 8. The molecule has 1 heteroatoms. The Kier molecular flexibility index (Phi) is 4.05. The maximum atomic E-state index is 3.64. The van der Waals surface area contributed by atoms with Gasteiger partial charge >= 0.3 is 0 Å². The van der Waals surface area contributed by atoms with E-state index < -0.39 is 0 Å². The minimum absolute atomic E-state index is 0.284. The molecule has 0 amide bonds. The summed E-state index contributed by atoms with van der Waals surface area (Å²) in [5.41, 5.74) is 10.9. The van der Waals surface area contributed by atoms with Crippen molar-refractivity contribution in [2.45, 2.75) is 19.3 Å². The summed E-state index contributed by atoms with van der Waals surface area (Å²) in [4.78, 5) is 3.64. The Bertz CT molecular complexity index is 1930. The molecule has 36 heavy (non-hydrogen) atoms. The van der Waals surface area contributed by atoms with Gasteiger partial charge in [0.05, 0.1) is 0 Å². The molecule has 1 unspecified atom stereocenters. The Morgan fingerprint density at radius 3 is 2.00 bits per heavy atom. The lowest BCUT2D eigenvalue weighted by atomic mass is 9.84. The zero-order valence-corrected chi connectivity index (χ0v) is 20.2. The van der Waals surface area contributed by atoms with Crippen molar-refractivity contribution in [2.75, 3.05) is 0 Å². The van der Waals surface area contributed by atoms with E-state index in [2.05, 4.69) is 121 Å². The van der Waals surface area contributed by atoms with Gasteiger partial charge in [0.1, 0.15) is 0 Å². The van der Waals surface area contributed by atoms with Crippen LogP contribution < -0.4 is 0 Å². The number of benzene rings is 6. The molecule has 0 spiro atoms. The smallest absolute Gasteiger partial charge is 0.0471 e. The number of aromatic nitrogens is 1. The second-order valence-electron chi connectivity index (χ2n) is 10.3. The van der Waals surface area contributed by atoms with Crippen molar-refractivity contribution in [2.24, 2.45) is 0 Å². The Morgan fingerprint density at radius 1 is 0.556 bits per heavy atom. The van der Waals surface area contributed by atoms with Gasteiger partial charge in [-0.2, -0.15) is 0 Å². The van der Waals surface area contributed by atoms with Crippen molar-refractivity contribution >= 4 is 43.4 Å². The summed E-state index contributed by atoms with van der Waals surface area (Å²) in [7, 11) is 0. The van der Waals surface area contributed by atoms with E-state index in [0.29, 0.717) is 0 Å². The molecule has 1 nitrogen and oxygen atoms in total. The second kappa shape index (κ2) is 7.32. The molecular formula is C35H25N. The third-order valence-corrected chi connectivity index (χ3v) is 8.28. The van der Waals surface area contributed by atoms with Gasteiger partial charge in [-0.25, -0.2) is 0 Å². The lowest BCUT2D eigenvalue weighted by molar-refractivity contribution is 0.942. The van der Waals surface area contributed by atoms with Gasteiger partial charge in [0.2, 0.25) is 0 Å². The van der Waals surface area contributed by atoms with Gasteiger partial charge < -0.3 is 4.98 Å². The summed E-state index contributed by atoms with van der Waals surface area (Å²) in [5.74, 6) is 0.284. The molecule has 0 saturated carbocycles. The quantitative estimate of drug-likeness (QED) is 0.248. The average Bonchev–Trinajstić information content (AvgIpc) is 3.46. The second-order valence-corrected chi connectivity index (χ2v) is 10.3. The van der Waals surface area contributed by atoms with E-state index in [4.69, 9.17) is 0 Å². The van der Waals surface area contributed by atoms with Crippen molar-refractivity contribution in [3.63, 3.8) is 0 Å². The van der Waals surface area contributed by atoms with Crippen LogP contribution in [-0.2, 0) is 6.42 Å². The van der Waals surface area contributed by atoms with Gasteiger partial charge in [0.25, 0.3) is 0 Å². The highest BCUT2D eigenvalue weighted by Crippen LogP contribution is 2.43. The Hall–Kier alpha value is -4.36. The molecule has 0 fully saturated rings. The highest BCUT2D eigenvalue weighted by molar-refractivity contribution is 6.09. The van der Waals surface area contributed by atoms with Crippen molar-refractivity contribution in [1.29, 1.82) is 0 Å². The molecule has 1 aliphatic carbocycles. The van der Waals surface area contributed by atoms with E-state index >= 15 is 0 Å². The first kappa shape index (κ1) is 19.9. The predicted octanol–water partition coefficient (Wildman–Crippen LogP) is 9.35. The molecule has 1 aliphatic rings. The summed E-state index contributed by atoms with van der Waals surface area (Å²) < 4.78 is 0. The van der Waals surface area contributed by atoms with Crippen LogP contribution in [0.25, 0.3) is 54.5 Å². The zero-order valence-electron chi connectivity index (χ0n) is 20.2. The van der Waals surface area contributed by atoms with Crippen LogP contribution >= 0.6 is 0 Å². The normalized spacial score (nSPS) is 13.5. The molecule has 0 saturated heterocycles. The summed E-state index contributed by atoms with van der Waals surface area (Å²) >= 11 is 0. The zero-order chi connectivity index (χ0) is 23.8. The van der Waals surface area contributed by atoms with Gasteiger partial charge in [-0.15, -0.1) is 0 Å². The summed E-state index contributed by atoms with van der Waals surface area (Å²) in [5, 5.41) is 7.96. The number of nitrogens with one attached hydrogen (secondary N) is 1. The number of rotatable bonds is 2. The third kappa shape index (κ3) is 2.77. The highest BCUT2D eigenvalue weighted by atomic mass is 14.7. The van der Waals surface area contributed by atoms with E-state index in [-0.39, 0.29) is 5.92 Å². The predicted molar refractivity (Wildman–Crippen MR) is 153 cm³/mol. The monoisotopic (exact) mass is 459 g/mol. The summed E-state index contributed by atoms with van der Waals surface area (Å²) in [6.45, 7) is 2.37. The van der Waals surface area contributed by atoms with Crippen LogP contribution in [0, 0.1) is 0 Å². The molecule has 1 N–H and O–H groups in total. The number of aromatic amines is 1. The fourth-order valence-electron chi connectivity index (χ4n) is 6.50. The maximum Gasteiger partial charge on any atom is 0.0471 e. The standard InChI is InChI=1S/C35H25N/c1-21(35-27-10-4-2-8-23(27)16-24-9-3-5-11-28(24)35)22-14-15-25-17-26-19-32-29-12-6-7-13-33(29)36-34(32)20-31(26)30(25)18-22/h2-16,18-21,36H,17H2,1H3. The number of para-hydroxylation sites is 1. The van der Waals surface area contributed by atoms with Gasteiger partial charge in [-0.05, 0) is 85.6 Å². The van der Waals surface area contributed by atoms with Gasteiger partial charge in [-0.1, -0.05) is 91.9 Å². The lowest BCUT2D eigenvalue weighted by Crippen LogP contribution is -2.00. The van der Waals surface area contributed by atoms with E-state index in [1.54, 1.807) is 0 Å². The molecule has 0 aliphatic heterocycles. The number of H-pyrrole nitrogens is 1. The molecule has 8 rings (SSSR count). The molecule has 1 atom stereocenters. The van der Waals surface area contributed by atoms with Gasteiger partial charge in [0, 0.05) is 27.7 Å². The van der Waals surface area contributed by atoms with Crippen LogP contribution in [0.2, 0.25) is 0 Å². The topological polar surface area (TPSA) is 15.8 Å². The molecular weight excluding hydrogens is 434 g/mol. The number of hydrogen-bond acceptors (Lipinski definition) is 0. The van der Waals surface area contributed by atoms with Crippen molar-refractivity contribution in [1.82, 2.24) is 4.98 Å². The Balaban J connectivity index is 1.31. The maximum absolute atomic E-state index is 3.64. The molecule has 1 aromatic heterocycles. The van der Waals surface area contributed by atoms with E-state index in [1.165, 1.54) is 76.7 Å². The fraction of sp³-hybridized carbons (Fsp3) is 0.0857. The Labute approximate surface area is 210 Å². The first-order chi connectivity index (χ1) is 17.7. The minimum Gasteiger partial charge on any atom is -0.354 e. The summed E-state index contributed by atoms with van der Waals surface area (Å²) in [6, 6.07) is 40.5. The minimum atomic E-state index is 0.284. The molecule has 6 aromatic carbocycles. The highest BCUT2D eigenvalue weighted by Gasteiger charge is 2.23. The third-order valence-electron chi connectivity index (χ3n) is 8.28. The average molecular weight is 460 g/mol. The summed E-state index contributed by atoms with van der Waals surface area (Å²) in [6.07, 6.45) is 1.01. The first-order valence-electron chi connectivity index (χ1n) is 12.8.